The van der Waals surface area contributed by atoms with Gasteiger partial charge >= 0.3 is 0 Å². The highest BCUT2D eigenvalue weighted by Crippen LogP contribution is 2.18. The Bertz CT molecular complexity index is 896. The largest absolute Gasteiger partial charge is 0.339 e. The van der Waals surface area contributed by atoms with Crippen molar-refractivity contribution >= 4 is 23.4 Å². The molecule has 2 heterocycles. The van der Waals surface area contributed by atoms with Gasteiger partial charge in [-0.2, -0.15) is 4.98 Å². The molecule has 2 N–H and O–H groups in total. The topological polar surface area (TPSA) is 110 Å². The van der Waals surface area contributed by atoms with Crippen molar-refractivity contribution in [2.75, 3.05) is 0 Å². The van der Waals surface area contributed by atoms with Crippen LogP contribution in [0, 0.1) is 0 Å². The van der Waals surface area contributed by atoms with Crippen molar-refractivity contribution in [1.82, 2.24) is 26.0 Å². The van der Waals surface area contributed by atoms with Crippen molar-refractivity contribution in [3.8, 4) is 11.4 Å². The molecule has 0 unspecified atom stereocenters. The Labute approximate surface area is 153 Å². The van der Waals surface area contributed by atoms with Gasteiger partial charge in [0.1, 0.15) is 0 Å². The van der Waals surface area contributed by atoms with Crippen LogP contribution in [-0.2, 0) is 11.2 Å². The van der Waals surface area contributed by atoms with Gasteiger partial charge in [0.15, 0.2) is 0 Å². The molecule has 0 aliphatic heterocycles. The SMILES string of the molecule is O=C(CCc1nc(-c2ccc(Cl)cc2)no1)NNC(=O)c1cccnc1. The van der Waals surface area contributed by atoms with E-state index in [1.54, 1.807) is 42.6 Å². The molecule has 0 aliphatic rings. The van der Waals surface area contributed by atoms with Crippen LogP contribution < -0.4 is 10.9 Å². The number of nitrogens with zero attached hydrogens (tertiary/aromatic N) is 3. The number of aryl methyl sites for hydroxylation is 1. The molecule has 0 radical (unpaired) electrons. The molecule has 0 aliphatic carbocycles. The van der Waals surface area contributed by atoms with Gasteiger partial charge < -0.3 is 4.52 Å². The lowest BCUT2D eigenvalue weighted by molar-refractivity contribution is -0.121. The van der Waals surface area contributed by atoms with Crippen LogP contribution in [0.15, 0.2) is 53.3 Å². The first kappa shape index (κ1) is 17.6. The smallest absolute Gasteiger partial charge is 0.271 e. The molecule has 0 bridgehead atoms. The van der Waals surface area contributed by atoms with E-state index in [1.165, 1.54) is 6.20 Å². The maximum absolute atomic E-state index is 11.8. The van der Waals surface area contributed by atoms with Crippen molar-refractivity contribution < 1.29 is 14.1 Å². The van der Waals surface area contributed by atoms with Crippen LogP contribution >= 0.6 is 11.6 Å². The third-order valence-corrected chi connectivity index (χ3v) is 3.63. The van der Waals surface area contributed by atoms with Gasteiger partial charge in [-0.05, 0) is 36.4 Å². The molecule has 0 saturated heterocycles. The highest BCUT2D eigenvalue weighted by Gasteiger charge is 2.12. The number of aromatic nitrogens is 3. The lowest BCUT2D eigenvalue weighted by Crippen LogP contribution is -2.41. The van der Waals surface area contributed by atoms with Crippen LogP contribution in [0.1, 0.15) is 22.7 Å². The van der Waals surface area contributed by atoms with E-state index in [0.717, 1.165) is 5.56 Å². The molecule has 3 aromatic rings. The number of amides is 2. The number of rotatable bonds is 5. The monoisotopic (exact) mass is 371 g/mol. The van der Waals surface area contributed by atoms with Gasteiger partial charge in [0.05, 0.1) is 5.56 Å². The van der Waals surface area contributed by atoms with Crippen LogP contribution in [0.25, 0.3) is 11.4 Å². The van der Waals surface area contributed by atoms with Crippen LogP contribution in [0.4, 0.5) is 0 Å². The Morgan fingerprint density at radius 3 is 2.65 bits per heavy atom. The number of carbonyl (C=O) groups is 2. The number of hydrazine groups is 1. The summed E-state index contributed by atoms with van der Waals surface area (Å²) in [6.07, 6.45) is 3.28. The number of hydrogen-bond donors (Lipinski definition) is 2. The second kappa shape index (κ2) is 8.21. The predicted molar refractivity (Wildman–Crippen MR) is 92.9 cm³/mol. The van der Waals surface area contributed by atoms with E-state index in [-0.39, 0.29) is 18.7 Å². The Balaban J connectivity index is 1.47. The van der Waals surface area contributed by atoms with Gasteiger partial charge in [-0.3, -0.25) is 25.4 Å². The second-order valence-electron chi connectivity index (χ2n) is 5.26. The van der Waals surface area contributed by atoms with Gasteiger partial charge in [0, 0.05) is 35.8 Å². The van der Waals surface area contributed by atoms with Crippen LogP contribution in [0.2, 0.25) is 5.02 Å². The van der Waals surface area contributed by atoms with Crippen molar-refractivity contribution in [3.05, 3.63) is 65.3 Å². The third kappa shape index (κ3) is 4.64. The van der Waals surface area contributed by atoms with E-state index in [1.807, 2.05) is 0 Å². The van der Waals surface area contributed by atoms with Gasteiger partial charge in [-0.1, -0.05) is 16.8 Å². The average Bonchev–Trinajstić information content (AvgIpc) is 3.14. The Morgan fingerprint density at radius 1 is 1.12 bits per heavy atom. The van der Waals surface area contributed by atoms with E-state index >= 15 is 0 Å². The molecule has 9 heteroatoms. The fraction of sp³-hybridized carbons (Fsp3) is 0.118. The van der Waals surface area contributed by atoms with E-state index in [2.05, 4.69) is 26.0 Å². The summed E-state index contributed by atoms with van der Waals surface area (Å²) in [6, 6.07) is 10.2. The number of benzene rings is 1. The molecule has 0 atom stereocenters. The fourth-order valence-corrected chi connectivity index (χ4v) is 2.18. The Morgan fingerprint density at radius 2 is 1.92 bits per heavy atom. The summed E-state index contributed by atoms with van der Waals surface area (Å²) >= 11 is 5.84. The van der Waals surface area contributed by atoms with Crippen molar-refractivity contribution in [3.63, 3.8) is 0 Å². The van der Waals surface area contributed by atoms with Gasteiger partial charge in [0.25, 0.3) is 5.91 Å². The lowest BCUT2D eigenvalue weighted by atomic mass is 10.2. The number of hydrogen-bond acceptors (Lipinski definition) is 6. The molecule has 2 aromatic heterocycles. The van der Waals surface area contributed by atoms with Gasteiger partial charge in [-0.25, -0.2) is 0 Å². The van der Waals surface area contributed by atoms with Gasteiger partial charge in [-0.15, -0.1) is 0 Å². The number of carbonyl (C=O) groups excluding carboxylic acids is 2. The molecule has 0 fully saturated rings. The summed E-state index contributed by atoms with van der Waals surface area (Å²) in [5.41, 5.74) is 5.75. The summed E-state index contributed by atoms with van der Waals surface area (Å²) in [5.74, 6) is -0.0895. The number of nitrogens with one attached hydrogen (secondary N) is 2. The maximum atomic E-state index is 11.8. The zero-order valence-electron chi connectivity index (χ0n) is 13.5. The second-order valence-corrected chi connectivity index (χ2v) is 5.70. The molecule has 26 heavy (non-hydrogen) atoms. The zero-order chi connectivity index (χ0) is 18.4. The van der Waals surface area contributed by atoms with Crippen LogP contribution in [0.3, 0.4) is 0 Å². The molecule has 1 aromatic carbocycles. The molecular formula is C17H14ClN5O3. The minimum Gasteiger partial charge on any atom is -0.339 e. The third-order valence-electron chi connectivity index (χ3n) is 3.38. The molecule has 8 nitrogen and oxygen atoms in total. The van der Waals surface area contributed by atoms with Crippen molar-refractivity contribution in [2.45, 2.75) is 12.8 Å². The van der Waals surface area contributed by atoms with E-state index < -0.39 is 5.91 Å². The minimum absolute atomic E-state index is 0.0789. The maximum Gasteiger partial charge on any atom is 0.271 e. The number of halogens is 1. The van der Waals surface area contributed by atoms with E-state index in [9.17, 15) is 9.59 Å². The molecule has 132 valence electrons. The molecule has 0 spiro atoms. The fourth-order valence-electron chi connectivity index (χ4n) is 2.05. The summed E-state index contributed by atoms with van der Waals surface area (Å²) in [6.45, 7) is 0. The molecular weight excluding hydrogens is 358 g/mol. The number of pyridine rings is 1. The summed E-state index contributed by atoms with van der Waals surface area (Å²) < 4.78 is 5.12. The highest BCUT2D eigenvalue weighted by atomic mass is 35.5. The normalized spacial score (nSPS) is 10.3. The van der Waals surface area contributed by atoms with Crippen LogP contribution in [0.5, 0.6) is 0 Å². The predicted octanol–water partition coefficient (Wildman–Crippen LogP) is 2.18. The van der Waals surface area contributed by atoms with E-state index in [0.29, 0.717) is 22.3 Å². The first-order chi connectivity index (χ1) is 12.6. The summed E-state index contributed by atoms with van der Waals surface area (Å²) in [4.78, 5) is 31.7. The molecule has 2 amide bonds. The lowest BCUT2D eigenvalue weighted by Gasteiger charge is -2.06. The quantitative estimate of drug-likeness (QED) is 0.665. The molecule has 0 saturated carbocycles. The molecule has 3 rings (SSSR count). The minimum atomic E-state index is -0.450. The Hall–Kier alpha value is -3.26. The van der Waals surface area contributed by atoms with Crippen LogP contribution in [-0.4, -0.2) is 26.9 Å². The first-order valence-electron chi connectivity index (χ1n) is 7.69. The van der Waals surface area contributed by atoms with Crippen molar-refractivity contribution in [2.24, 2.45) is 0 Å². The van der Waals surface area contributed by atoms with Crippen molar-refractivity contribution in [1.29, 1.82) is 0 Å². The highest BCUT2D eigenvalue weighted by molar-refractivity contribution is 6.30. The summed E-state index contributed by atoms with van der Waals surface area (Å²) in [7, 11) is 0. The average molecular weight is 372 g/mol. The van der Waals surface area contributed by atoms with Gasteiger partial charge in [0.2, 0.25) is 17.6 Å². The standard InChI is InChI=1S/C17H14ClN5O3/c18-13-5-3-11(4-6-13)16-20-15(26-23-16)8-7-14(24)21-22-17(25)12-2-1-9-19-10-12/h1-6,9-10H,7-8H2,(H,21,24)(H,22,25). The Kier molecular flexibility index (Phi) is 5.55. The zero-order valence-corrected chi connectivity index (χ0v) is 14.2. The van der Waals surface area contributed by atoms with E-state index in [4.69, 9.17) is 16.1 Å². The first-order valence-corrected chi connectivity index (χ1v) is 8.07. The summed E-state index contributed by atoms with van der Waals surface area (Å²) in [5, 5.41) is 4.48.